The Morgan fingerprint density at radius 1 is 0.684 bits per heavy atom. The Bertz CT molecular complexity index is 1420. The van der Waals surface area contributed by atoms with Crippen LogP contribution in [0, 0.1) is 0 Å². The minimum atomic E-state index is -0.821. The van der Waals surface area contributed by atoms with Crippen LogP contribution in [0.25, 0.3) is 0 Å². The standard InChI is InChI=1S/2C15H13NO3/c2*1-9(15(17)18)10-4-5-13-12(7-10)8-11-3-2-6-16-14(11)19-13/h2*2-7,9H,8H2,1H3,(H,17,18). The highest BCUT2D eigenvalue weighted by atomic mass is 16.5. The zero-order valence-corrected chi connectivity index (χ0v) is 20.9. The molecule has 0 spiro atoms. The molecule has 4 heterocycles. The van der Waals surface area contributed by atoms with E-state index in [4.69, 9.17) is 19.7 Å². The van der Waals surface area contributed by atoms with Crippen LogP contribution in [0.2, 0.25) is 0 Å². The molecule has 8 nitrogen and oxygen atoms in total. The van der Waals surface area contributed by atoms with E-state index in [1.165, 1.54) is 0 Å². The Morgan fingerprint density at radius 2 is 1.11 bits per heavy atom. The third-order valence-electron chi connectivity index (χ3n) is 6.78. The Hall–Kier alpha value is -4.72. The van der Waals surface area contributed by atoms with Gasteiger partial charge in [-0.1, -0.05) is 36.4 Å². The van der Waals surface area contributed by atoms with E-state index in [0.717, 1.165) is 57.7 Å². The van der Waals surface area contributed by atoms with E-state index in [9.17, 15) is 9.59 Å². The molecule has 0 bridgehead atoms. The van der Waals surface area contributed by atoms with Gasteiger partial charge >= 0.3 is 11.9 Å². The first kappa shape index (κ1) is 25.0. The normalized spacial score (nSPS) is 13.9. The van der Waals surface area contributed by atoms with Gasteiger partial charge in [0.2, 0.25) is 11.8 Å². The molecule has 38 heavy (non-hydrogen) atoms. The number of aliphatic carboxylic acids is 2. The van der Waals surface area contributed by atoms with Crippen LogP contribution in [0.1, 0.15) is 59.1 Å². The second kappa shape index (κ2) is 10.3. The van der Waals surface area contributed by atoms with Crippen molar-refractivity contribution in [3.8, 4) is 23.3 Å². The lowest BCUT2D eigenvalue weighted by molar-refractivity contribution is -0.139. The van der Waals surface area contributed by atoms with Crippen LogP contribution < -0.4 is 9.47 Å². The van der Waals surface area contributed by atoms with Crippen molar-refractivity contribution in [2.24, 2.45) is 0 Å². The number of hydrogen-bond donors (Lipinski definition) is 2. The number of carboxylic acid groups (broad SMARTS) is 2. The van der Waals surface area contributed by atoms with Gasteiger partial charge in [0.05, 0.1) is 11.8 Å². The van der Waals surface area contributed by atoms with Crippen molar-refractivity contribution in [2.45, 2.75) is 38.5 Å². The van der Waals surface area contributed by atoms with Gasteiger partial charge in [-0.3, -0.25) is 9.59 Å². The molecular weight excluding hydrogens is 484 g/mol. The van der Waals surface area contributed by atoms with Crippen LogP contribution >= 0.6 is 0 Å². The van der Waals surface area contributed by atoms with Crippen molar-refractivity contribution in [2.75, 3.05) is 0 Å². The summed E-state index contributed by atoms with van der Waals surface area (Å²) in [7, 11) is 0. The lowest BCUT2D eigenvalue weighted by Gasteiger charge is -2.20. The van der Waals surface area contributed by atoms with E-state index in [1.54, 1.807) is 38.4 Å². The topological polar surface area (TPSA) is 119 Å². The van der Waals surface area contributed by atoms with Gasteiger partial charge in [0.1, 0.15) is 11.5 Å². The third-order valence-corrected chi connectivity index (χ3v) is 6.78. The number of rotatable bonds is 4. The maximum Gasteiger partial charge on any atom is 0.310 e. The molecule has 4 aromatic rings. The maximum absolute atomic E-state index is 11.0. The van der Waals surface area contributed by atoms with E-state index in [0.29, 0.717) is 11.8 Å². The number of benzene rings is 2. The highest BCUT2D eigenvalue weighted by molar-refractivity contribution is 5.76. The monoisotopic (exact) mass is 510 g/mol. The smallest absolute Gasteiger partial charge is 0.310 e. The van der Waals surface area contributed by atoms with E-state index in [2.05, 4.69) is 9.97 Å². The highest BCUT2D eigenvalue weighted by Crippen LogP contribution is 2.37. The Kier molecular flexibility index (Phi) is 6.79. The number of carboxylic acids is 2. The molecule has 0 amide bonds. The first-order valence-electron chi connectivity index (χ1n) is 12.2. The third kappa shape index (κ3) is 5.06. The van der Waals surface area contributed by atoms with Gasteiger partial charge in [0.15, 0.2) is 0 Å². The molecule has 0 radical (unpaired) electrons. The fourth-order valence-electron chi connectivity index (χ4n) is 4.42. The van der Waals surface area contributed by atoms with Crippen molar-refractivity contribution in [1.82, 2.24) is 9.97 Å². The van der Waals surface area contributed by atoms with Crippen LogP contribution in [0.4, 0.5) is 0 Å². The van der Waals surface area contributed by atoms with Gasteiger partial charge in [-0.2, -0.15) is 0 Å². The predicted molar refractivity (Wildman–Crippen MR) is 139 cm³/mol. The first-order valence-corrected chi connectivity index (χ1v) is 12.2. The molecule has 2 atom stereocenters. The van der Waals surface area contributed by atoms with Gasteiger partial charge in [0.25, 0.3) is 0 Å². The summed E-state index contributed by atoms with van der Waals surface area (Å²) in [5, 5.41) is 18.1. The van der Waals surface area contributed by atoms with Crippen LogP contribution in [-0.2, 0) is 22.4 Å². The summed E-state index contributed by atoms with van der Waals surface area (Å²) >= 11 is 0. The van der Waals surface area contributed by atoms with Gasteiger partial charge in [-0.05, 0) is 60.4 Å². The van der Waals surface area contributed by atoms with Gasteiger partial charge in [0, 0.05) is 36.4 Å². The Morgan fingerprint density at radius 3 is 1.50 bits per heavy atom. The van der Waals surface area contributed by atoms with Crippen molar-refractivity contribution in [3.63, 3.8) is 0 Å². The number of nitrogens with zero attached hydrogens (tertiary/aromatic N) is 2. The van der Waals surface area contributed by atoms with Crippen LogP contribution in [0.15, 0.2) is 73.1 Å². The zero-order valence-electron chi connectivity index (χ0n) is 20.9. The second-order valence-corrected chi connectivity index (χ2v) is 9.35. The molecular formula is C30H26N2O6. The van der Waals surface area contributed by atoms with E-state index < -0.39 is 23.8 Å². The van der Waals surface area contributed by atoms with Crippen molar-refractivity contribution >= 4 is 11.9 Å². The van der Waals surface area contributed by atoms with E-state index in [1.807, 2.05) is 48.5 Å². The molecule has 0 saturated heterocycles. The lowest BCUT2D eigenvalue weighted by atomic mass is 9.95. The number of ether oxygens (including phenoxy) is 2. The molecule has 0 saturated carbocycles. The minimum Gasteiger partial charge on any atom is -0.481 e. The van der Waals surface area contributed by atoms with Crippen molar-refractivity contribution in [1.29, 1.82) is 0 Å². The molecule has 192 valence electrons. The molecule has 2 aromatic carbocycles. The van der Waals surface area contributed by atoms with Crippen molar-refractivity contribution < 1.29 is 29.3 Å². The summed E-state index contributed by atoms with van der Waals surface area (Å²) in [5.74, 6) is 0.113. The molecule has 0 aliphatic carbocycles. The fourth-order valence-corrected chi connectivity index (χ4v) is 4.42. The zero-order chi connectivity index (χ0) is 26.8. The number of fused-ring (bicyclic) bond motifs is 4. The quantitative estimate of drug-likeness (QED) is 0.299. The number of aromatic nitrogens is 2. The Balaban J connectivity index is 0.000000155. The average molecular weight is 511 g/mol. The largest absolute Gasteiger partial charge is 0.481 e. The minimum absolute atomic E-state index is 0.513. The lowest BCUT2D eigenvalue weighted by Crippen LogP contribution is -2.10. The summed E-state index contributed by atoms with van der Waals surface area (Å²) in [5.41, 5.74) is 5.65. The van der Waals surface area contributed by atoms with Crippen LogP contribution in [0.3, 0.4) is 0 Å². The maximum atomic E-state index is 11.0. The molecule has 2 aromatic heterocycles. The number of pyridine rings is 2. The molecule has 6 rings (SSSR count). The van der Waals surface area contributed by atoms with E-state index in [-0.39, 0.29) is 0 Å². The molecule has 2 unspecified atom stereocenters. The molecule has 2 aliphatic heterocycles. The Labute approximate surface area is 219 Å². The first-order chi connectivity index (χ1) is 18.3. The van der Waals surface area contributed by atoms with Crippen LogP contribution in [-0.4, -0.2) is 32.1 Å². The van der Waals surface area contributed by atoms with Gasteiger partial charge in [-0.15, -0.1) is 0 Å². The second-order valence-electron chi connectivity index (χ2n) is 9.35. The van der Waals surface area contributed by atoms with Gasteiger partial charge in [-0.25, -0.2) is 9.97 Å². The molecule has 2 N–H and O–H groups in total. The number of carbonyl (C=O) groups is 2. The molecule has 0 fully saturated rings. The average Bonchev–Trinajstić information content (AvgIpc) is 2.93. The molecule has 8 heteroatoms. The van der Waals surface area contributed by atoms with Gasteiger partial charge < -0.3 is 19.7 Å². The number of hydrogen-bond acceptors (Lipinski definition) is 6. The SMILES string of the molecule is CC(C(=O)O)c1ccc2c(c1)Cc1cccnc1O2.CC(C(=O)O)c1ccc2c(c1)Cc1cccnc1O2. The van der Waals surface area contributed by atoms with Crippen LogP contribution in [0.5, 0.6) is 23.3 Å². The summed E-state index contributed by atoms with van der Waals surface area (Å²) < 4.78 is 11.4. The summed E-state index contributed by atoms with van der Waals surface area (Å²) in [6.07, 6.45) is 4.84. The summed E-state index contributed by atoms with van der Waals surface area (Å²) in [6.45, 7) is 3.37. The predicted octanol–water partition coefficient (Wildman–Crippen LogP) is 5.93. The van der Waals surface area contributed by atoms with E-state index >= 15 is 0 Å². The van der Waals surface area contributed by atoms with Crippen molar-refractivity contribution in [3.05, 3.63) is 106 Å². The fraction of sp³-hybridized carbons (Fsp3) is 0.200. The summed E-state index contributed by atoms with van der Waals surface area (Å²) in [4.78, 5) is 30.4. The highest BCUT2D eigenvalue weighted by Gasteiger charge is 2.22. The molecule has 2 aliphatic rings. The summed E-state index contributed by atoms with van der Waals surface area (Å²) in [6, 6.07) is 18.7.